The van der Waals surface area contributed by atoms with Crippen molar-refractivity contribution in [3.8, 4) is 0 Å². The maximum Gasteiger partial charge on any atom is 0.258 e. The summed E-state index contributed by atoms with van der Waals surface area (Å²) in [6.45, 7) is 6.60. The van der Waals surface area contributed by atoms with Crippen molar-refractivity contribution >= 4 is 17.5 Å². The molecule has 2 heterocycles. The van der Waals surface area contributed by atoms with Gasteiger partial charge in [-0.2, -0.15) is 5.10 Å². The summed E-state index contributed by atoms with van der Waals surface area (Å²) < 4.78 is 1.59. The van der Waals surface area contributed by atoms with Crippen LogP contribution in [0, 0.1) is 5.92 Å². The van der Waals surface area contributed by atoms with Gasteiger partial charge in [0.15, 0.2) is 0 Å². The molecule has 6 heteroatoms. The minimum absolute atomic E-state index is 0.0189. The molecule has 1 N–H and O–H groups in total. The second-order valence-electron chi connectivity index (χ2n) is 5.79. The van der Waals surface area contributed by atoms with Crippen molar-refractivity contribution in [2.45, 2.75) is 26.2 Å². The van der Waals surface area contributed by atoms with E-state index in [1.807, 2.05) is 25.8 Å². The van der Waals surface area contributed by atoms with Gasteiger partial charge in [-0.3, -0.25) is 9.48 Å². The van der Waals surface area contributed by atoms with E-state index >= 15 is 0 Å². The lowest BCUT2D eigenvalue weighted by atomic mass is 10.1. The molecule has 2 rings (SSSR count). The van der Waals surface area contributed by atoms with Gasteiger partial charge in [0.25, 0.3) is 5.91 Å². The third kappa shape index (κ3) is 2.83. The number of nitrogens with one attached hydrogen (secondary N) is 1. The first kappa shape index (κ1) is 15.3. The van der Waals surface area contributed by atoms with Crippen molar-refractivity contribution in [3.63, 3.8) is 0 Å². The van der Waals surface area contributed by atoms with Crippen molar-refractivity contribution < 1.29 is 4.79 Å². The van der Waals surface area contributed by atoms with Crippen LogP contribution >= 0.6 is 11.6 Å². The molecular weight excluding hydrogens is 276 g/mol. The molecule has 5 nitrogen and oxygen atoms in total. The lowest BCUT2D eigenvalue weighted by Gasteiger charge is -2.17. The average Bonchev–Trinajstić information content (AvgIpc) is 2.96. The third-order valence-corrected chi connectivity index (χ3v) is 4.26. The maximum absolute atomic E-state index is 12.7. The fourth-order valence-corrected chi connectivity index (χ4v) is 2.97. The van der Waals surface area contributed by atoms with Gasteiger partial charge in [-0.25, -0.2) is 0 Å². The van der Waals surface area contributed by atoms with Crippen molar-refractivity contribution in [2.75, 3.05) is 26.7 Å². The zero-order chi connectivity index (χ0) is 14.9. The topological polar surface area (TPSA) is 50.2 Å². The van der Waals surface area contributed by atoms with E-state index in [1.165, 1.54) is 0 Å². The number of amides is 1. The number of aromatic nitrogens is 2. The highest BCUT2D eigenvalue weighted by Crippen LogP contribution is 2.28. The molecule has 0 radical (unpaired) electrons. The summed E-state index contributed by atoms with van der Waals surface area (Å²) in [4.78, 5) is 14.6. The number of carbonyl (C=O) groups excluding carboxylic acids is 1. The lowest BCUT2D eigenvalue weighted by molar-refractivity contribution is 0.0786. The summed E-state index contributed by atoms with van der Waals surface area (Å²) in [5.74, 6) is 0.732. The van der Waals surface area contributed by atoms with E-state index in [2.05, 4.69) is 10.4 Å². The standard InChI is InChI=1S/C14H23ClN4O/c1-9(2)12-11(13(15)18(4)17-12)14(20)19-6-5-10(8-19)7-16-3/h9-10,16H,5-8H2,1-4H3/t10-/m0/s1. The number of carbonyl (C=O) groups is 1. The predicted molar refractivity (Wildman–Crippen MR) is 80.2 cm³/mol. The molecule has 0 spiro atoms. The number of likely N-dealkylation sites (tertiary alicyclic amines) is 1. The molecule has 1 aliphatic heterocycles. The van der Waals surface area contributed by atoms with Crippen LogP contribution < -0.4 is 5.32 Å². The van der Waals surface area contributed by atoms with Crippen LogP contribution in [0.3, 0.4) is 0 Å². The number of hydrogen-bond donors (Lipinski definition) is 1. The number of hydrogen-bond acceptors (Lipinski definition) is 3. The van der Waals surface area contributed by atoms with Gasteiger partial charge in [-0.05, 0) is 31.8 Å². The molecule has 1 fully saturated rings. The zero-order valence-corrected chi connectivity index (χ0v) is 13.4. The fraction of sp³-hybridized carbons (Fsp3) is 0.714. The van der Waals surface area contributed by atoms with Crippen molar-refractivity contribution in [1.82, 2.24) is 20.0 Å². The predicted octanol–water partition coefficient (Wildman–Crippen LogP) is 1.88. The summed E-state index contributed by atoms with van der Waals surface area (Å²) in [6, 6.07) is 0. The SMILES string of the molecule is CNC[C@@H]1CCN(C(=O)c2c(C(C)C)nn(C)c2Cl)C1. The van der Waals surface area contributed by atoms with Gasteiger partial charge in [0.1, 0.15) is 5.15 Å². The van der Waals surface area contributed by atoms with Crippen LogP contribution in [0.15, 0.2) is 0 Å². The minimum Gasteiger partial charge on any atom is -0.338 e. The Balaban J connectivity index is 2.22. The Labute approximate surface area is 125 Å². The number of halogens is 1. The third-order valence-electron chi connectivity index (χ3n) is 3.83. The van der Waals surface area contributed by atoms with Crippen LogP contribution in [0.4, 0.5) is 0 Å². The van der Waals surface area contributed by atoms with Gasteiger partial charge in [0.2, 0.25) is 0 Å². The van der Waals surface area contributed by atoms with Crippen LogP contribution in [0.1, 0.15) is 42.2 Å². The molecule has 1 amide bonds. The normalized spacial score (nSPS) is 19.1. The Morgan fingerprint density at radius 2 is 2.25 bits per heavy atom. The average molecular weight is 299 g/mol. The Morgan fingerprint density at radius 3 is 2.85 bits per heavy atom. The summed E-state index contributed by atoms with van der Waals surface area (Å²) in [5, 5.41) is 8.00. The van der Waals surface area contributed by atoms with E-state index in [1.54, 1.807) is 11.7 Å². The highest BCUT2D eigenvalue weighted by molar-refractivity contribution is 6.33. The first-order valence-corrected chi connectivity index (χ1v) is 7.49. The van der Waals surface area contributed by atoms with Gasteiger partial charge in [0, 0.05) is 20.1 Å². The van der Waals surface area contributed by atoms with Crippen LogP contribution in [0.5, 0.6) is 0 Å². The van der Waals surface area contributed by atoms with E-state index in [0.29, 0.717) is 16.6 Å². The Morgan fingerprint density at radius 1 is 1.55 bits per heavy atom. The molecule has 1 saturated heterocycles. The molecule has 20 heavy (non-hydrogen) atoms. The van der Waals surface area contributed by atoms with Crippen LogP contribution in [0.2, 0.25) is 5.15 Å². The van der Waals surface area contributed by atoms with Gasteiger partial charge in [-0.1, -0.05) is 25.4 Å². The molecule has 0 unspecified atom stereocenters. The highest BCUT2D eigenvalue weighted by Gasteiger charge is 2.31. The van der Waals surface area contributed by atoms with Crippen LogP contribution in [-0.2, 0) is 7.05 Å². The first-order valence-electron chi connectivity index (χ1n) is 7.12. The molecule has 1 atom stereocenters. The van der Waals surface area contributed by atoms with Crippen molar-refractivity contribution in [1.29, 1.82) is 0 Å². The smallest absolute Gasteiger partial charge is 0.258 e. The minimum atomic E-state index is 0.0189. The molecular formula is C14H23ClN4O. The van der Waals surface area contributed by atoms with E-state index in [0.717, 1.165) is 31.7 Å². The van der Waals surface area contributed by atoms with E-state index in [9.17, 15) is 4.79 Å². The molecule has 0 saturated carbocycles. The number of nitrogens with zero attached hydrogens (tertiary/aromatic N) is 3. The van der Waals surface area contributed by atoms with Crippen LogP contribution in [0.25, 0.3) is 0 Å². The van der Waals surface area contributed by atoms with E-state index in [-0.39, 0.29) is 11.8 Å². The molecule has 1 aromatic rings. The Bertz CT molecular complexity index is 498. The second-order valence-corrected chi connectivity index (χ2v) is 6.15. The zero-order valence-electron chi connectivity index (χ0n) is 12.6. The Hall–Kier alpha value is -1.07. The largest absolute Gasteiger partial charge is 0.338 e. The quantitative estimate of drug-likeness (QED) is 0.923. The number of rotatable bonds is 4. The Kier molecular flexibility index (Phi) is 4.70. The summed E-state index contributed by atoms with van der Waals surface area (Å²) in [7, 11) is 3.72. The lowest BCUT2D eigenvalue weighted by Crippen LogP contribution is -2.31. The summed E-state index contributed by atoms with van der Waals surface area (Å²) >= 11 is 6.27. The second kappa shape index (κ2) is 6.14. The van der Waals surface area contributed by atoms with Crippen LogP contribution in [-0.4, -0.2) is 47.3 Å². The molecule has 0 aliphatic carbocycles. The maximum atomic E-state index is 12.7. The van der Waals surface area contributed by atoms with Gasteiger partial charge in [0.05, 0.1) is 11.3 Å². The number of aryl methyl sites for hydroxylation is 1. The molecule has 0 aromatic carbocycles. The molecule has 0 bridgehead atoms. The van der Waals surface area contributed by atoms with Gasteiger partial charge in [-0.15, -0.1) is 0 Å². The van der Waals surface area contributed by atoms with Crippen molar-refractivity contribution in [3.05, 3.63) is 16.4 Å². The van der Waals surface area contributed by atoms with Gasteiger partial charge >= 0.3 is 0 Å². The monoisotopic (exact) mass is 298 g/mol. The van der Waals surface area contributed by atoms with E-state index < -0.39 is 0 Å². The van der Waals surface area contributed by atoms with Gasteiger partial charge < -0.3 is 10.2 Å². The first-order chi connectivity index (χ1) is 9.45. The summed E-state index contributed by atoms with van der Waals surface area (Å²) in [6.07, 6.45) is 1.04. The van der Waals surface area contributed by atoms with Crippen molar-refractivity contribution in [2.24, 2.45) is 13.0 Å². The highest BCUT2D eigenvalue weighted by atomic mass is 35.5. The van der Waals surface area contributed by atoms with E-state index in [4.69, 9.17) is 11.6 Å². The fourth-order valence-electron chi connectivity index (χ4n) is 2.76. The summed E-state index contributed by atoms with van der Waals surface area (Å²) in [5.41, 5.74) is 1.37. The molecule has 1 aliphatic rings. The molecule has 1 aromatic heterocycles. The molecule has 112 valence electrons.